The molecule has 1 aliphatic heterocycles. The van der Waals surface area contributed by atoms with E-state index in [2.05, 4.69) is 28.4 Å². The molecule has 1 fully saturated rings. The van der Waals surface area contributed by atoms with E-state index in [-0.39, 0.29) is 5.92 Å². The molecule has 1 heterocycles. The highest BCUT2D eigenvalue weighted by atomic mass is 32.1. The monoisotopic (exact) mass is 321 g/mol. The van der Waals surface area contributed by atoms with Crippen LogP contribution in [0.5, 0.6) is 0 Å². The molecule has 0 radical (unpaired) electrons. The Bertz CT molecular complexity index is 542. The molecule has 6 heteroatoms. The third-order valence-corrected chi connectivity index (χ3v) is 4.62. The molecule has 0 unspecified atom stereocenters. The number of benzene rings is 1. The number of nitrogens with one attached hydrogen (secondary N) is 1. The van der Waals surface area contributed by atoms with Gasteiger partial charge in [-0.3, -0.25) is 4.79 Å². The summed E-state index contributed by atoms with van der Waals surface area (Å²) in [6.45, 7) is 2.34. The lowest BCUT2D eigenvalue weighted by molar-refractivity contribution is -0.142. The topological polar surface area (TPSA) is 55.8 Å². The van der Waals surface area contributed by atoms with Crippen molar-refractivity contribution in [2.24, 2.45) is 5.92 Å². The maximum atomic E-state index is 11.0. The quantitative estimate of drug-likeness (QED) is 0.827. The van der Waals surface area contributed by atoms with Crippen LogP contribution < -0.4 is 10.2 Å². The Morgan fingerprint density at radius 1 is 1.45 bits per heavy atom. The van der Waals surface area contributed by atoms with Crippen molar-refractivity contribution in [1.29, 1.82) is 0 Å². The van der Waals surface area contributed by atoms with Gasteiger partial charge in [0.25, 0.3) is 0 Å². The molecule has 0 atom stereocenters. The fourth-order valence-electron chi connectivity index (χ4n) is 2.77. The molecule has 2 rings (SSSR count). The minimum absolute atomic E-state index is 0.196. The summed E-state index contributed by atoms with van der Waals surface area (Å²) in [4.78, 5) is 15.3. The molecule has 0 aromatic heterocycles. The Kier molecular flexibility index (Phi) is 5.60. The van der Waals surface area contributed by atoms with Gasteiger partial charge < -0.3 is 20.2 Å². The second-order valence-electron chi connectivity index (χ2n) is 5.68. The van der Waals surface area contributed by atoms with E-state index in [1.54, 1.807) is 0 Å². The van der Waals surface area contributed by atoms with Gasteiger partial charge in [-0.05, 0) is 42.8 Å². The van der Waals surface area contributed by atoms with E-state index in [1.165, 1.54) is 5.56 Å². The summed E-state index contributed by atoms with van der Waals surface area (Å²) in [5.74, 6) is -0.867. The summed E-state index contributed by atoms with van der Waals surface area (Å²) in [6.07, 6.45) is 1.42. The van der Waals surface area contributed by atoms with Crippen molar-refractivity contribution < 1.29 is 9.90 Å². The average molecular weight is 321 g/mol. The highest BCUT2D eigenvalue weighted by Crippen LogP contribution is 2.24. The van der Waals surface area contributed by atoms with Gasteiger partial charge in [-0.1, -0.05) is 12.1 Å². The zero-order chi connectivity index (χ0) is 16.1. The van der Waals surface area contributed by atoms with Crippen molar-refractivity contribution in [3.8, 4) is 0 Å². The number of hydrogen-bond acceptors (Lipinski definition) is 3. The SMILES string of the molecule is CNC(=S)N(C)Cc1cccc(N2CCC(C(=O)O)CC2)c1. The number of carbonyl (C=O) groups is 1. The summed E-state index contributed by atoms with van der Waals surface area (Å²) < 4.78 is 0. The molecule has 22 heavy (non-hydrogen) atoms. The lowest BCUT2D eigenvalue weighted by Gasteiger charge is -2.32. The highest BCUT2D eigenvalue weighted by Gasteiger charge is 2.24. The second-order valence-corrected chi connectivity index (χ2v) is 6.07. The molecule has 0 bridgehead atoms. The first-order chi connectivity index (χ1) is 10.5. The number of aliphatic carboxylic acids is 1. The molecule has 120 valence electrons. The van der Waals surface area contributed by atoms with E-state index in [9.17, 15) is 4.79 Å². The Hall–Kier alpha value is -1.82. The molecule has 5 nitrogen and oxygen atoms in total. The first-order valence-electron chi connectivity index (χ1n) is 7.51. The molecule has 0 aliphatic carbocycles. The van der Waals surface area contributed by atoms with Crippen LogP contribution in [0.15, 0.2) is 24.3 Å². The summed E-state index contributed by atoms with van der Waals surface area (Å²) in [7, 11) is 3.78. The summed E-state index contributed by atoms with van der Waals surface area (Å²) in [6, 6.07) is 8.38. The first-order valence-corrected chi connectivity index (χ1v) is 7.91. The lowest BCUT2D eigenvalue weighted by Crippen LogP contribution is -2.36. The number of hydrogen-bond donors (Lipinski definition) is 2. The van der Waals surface area contributed by atoms with Gasteiger partial charge in [-0.2, -0.15) is 0 Å². The smallest absolute Gasteiger partial charge is 0.306 e. The maximum absolute atomic E-state index is 11.0. The Morgan fingerprint density at radius 2 is 2.14 bits per heavy atom. The molecule has 0 spiro atoms. The molecular weight excluding hydrogens is 298 g/mol. The maximum Gasteiger partial charge on any atom is 0.306 e. The van der Waals surface area contributed by atoms with Crippen LogP contribution in [0.3, 0.4) is 0 Å². The van der Waals surface area contributed by atoms with Crippen LogP contribution in [0, 0.1) is 5.92 Å². The summed E-state index contributed by atoms with van der Waals surface area (Å²) in [5, 5.41) is 12.8. The van der Waals surface area contributed by atoms with Gasteiger partial charge in [0, 0.05) is 39.4 Å². The number of carboxylic acid groups (broad SMARTS) is 1. The Balaban J connectivity index is 2.00. The fourth-order valence-corrected chi connectivity index (χ4v) is 2.84. The number of nitrogens with zero attached hydrogens (tertiary/aromatic N) is 2. The van der Waals surface area contributed by atoms with Crippen LogP contribution >= 0.6 is 12.2 Å². The average Bonchev–Trinajstić information content (AvgIpc) is 2.54. The molecule has 0 amide bonds. The van der Waals surface area contributed by atoms with E-state index in [4.69, 9.17) is 17.3 Å². The zero-order valence-corrected chi connectivity index (χ0v) is 13.9. The zero-order valence-electron chi connectivity index (χ0n) is 13.1. The standard InChI is InChI=1S/C16H23N3O2S/c1-17-16(22)18(2)11-12-4-3-5-14(10-12)19-8-6-13(7-9-19)15(20)21/h3-5,10,13H,6-9,11H2,1-2H3,(H,17,22)(H,20,21). The predicted molar refractivity (Wildman–Crippen MR) is 92.1 cm³/mol. The number of rotatable bonds is 4. The number of piperidine rings is 1. The first kappa shape index (κ1) is 16.5. The van der Waals surface area contributed by atoms with Gasteiger partial charge in [0.15, 0.2) is 5.11 Å². The molecule has 1 aliphatic rings. The molecule has 1 aromatic rings. The van der Waals surface area contributed by atoms with Crippen molar-refractivity contribution in [1.82, 2.24) is 10.2 Å². The van der Waals surface area contributed by atoms with Crippen LogP contribution in [0.1, 0.15) is 18.4 Å². The Labute approximate surface area is 136 Å². The van der Waals surface area contributed by atoms with E-state index in [0.717, 1.165) is 25.3 Å². The van der Waals surface area contributed by atoms with Gasteiger partial charge in [-0.25, -0.2) is 0 Å². The van der Waals surface area contributed by atoms with Gasteiger partial charge in [0.2, 0.25) is 0 Å². The third kappa shape index (κ3) is 4.10. The molecule has 1 saturated heterocycles. The molecule has 2 N–H and O–H groups in total. The molecular formula is C16H23N3O2S. The van der Waals surface area contributed by atoms with E-state index in [1.807, 2.05) is 25.1 Å². The van der Waals surface area contributed by atoms with Crippen LogP contribution in [-0.4, -0.2) is 48.3 Å². The molecule has 1 aromatic carbocycles. The summed E-state index contributed by atoms with van der Waals surface area (Å²) in [5.41, 5.74) is 2.35. The minimum Gasteiger partial charge on any atom is -0.481 e. The lowest BCUT2D eigenvalue weighted by atomic mass is 9.96. The van der Waals surface area contributed by atoms with Gasteiger partial charge >= 0.3 is 5.97 Å². The van der Waals surface area contributed by atoms with E-state index in [0.29, 0.717) is 18.0 Å². The highest BCUT2D eigenvalue weighted by molar-refractivity contribution is 7.80. The Morgan fingerprint density at radius 3 is 2.73 bits per heavy atom. The third-order valence-electron chi connectivity index (χ3n) is 4.10. The number of anilines is 1. The van der Waals surface area contributed by atoms with E-state index >= 15 is 0 Å². The molecule has 0 saturated carbocycles. The predicted octanol–water partition coefficient (Wildman–Crippen LogP) is 1.92. The van der Waals surface area contributed by atoms with Crippen LogP contribution in [0.25, 0.3) is 0 Å². The fraction of sp³-hybridized carbons (Fsp3) is 0.500. The number of thiocarbonyl (C=S) groups is 1. The van der Waals surface area contributed by atoms with Crippen LogP contribution in [-0.2, 0) is 11.3 Å². The van der Waals surface area contributed by atoms with Crippen molar-refractivity contribution >= 4 is 29.0 Å². The normalized spacial score (nSPS) is 15.5. The largest absolute Gasteiger partial charge is 0.481 e. The number of carboxylic acids is 1. The van der Waals surface area contributed by atoms with Crippen molar-refractivity contribution in [3.63, 3.8) is 0 Å². The van der Waals surface area contributed by atoms with E-state index < -0.39 is 5.97 Å². The van der Waals surface area contributed by atoms with Crippen LogP contribution in [0.4, 0.5) is 5.69 Å². The van der Waals surface area contributed by atoms with Gasteiger partial charge in [-0.15, -0.1) is 0 Å². The van der Waals surface area contributed by atoms with Crippen LogP contribution in [0.2, 0.25) is 0 Å². The van der Waals surface area contributed by atoms with Gasteiger partial charge in [0.1, 0.15) is 0 Å². The van der Waals surface area contributed by atoms with Crippen molar-refractivity contribution in [2.75, 3.05) is 32.1 Å². The van der Waals surface area contributed by atoms with Crippen molar-refractivity contribution in [2.45, 2.75) is 19.4 Å². The second kappa shape index (κ2) is 7.45. The minimum atomic E-state index is -0.671. The van der Waals surface area contributed by atoms with Crippen molar-refractivity contribution in [3.05, 3.63) is 29.8 Å². The summed E-state index contributed by atoms with van der Waals surface area (Å²) >= 11 is 5.22. The van der Waals surface area contributed by atoms with Gasteiger partial charge in [0.05, 0.1) is 5.92 Å².